The molecule has 0 saturated carbocycles. The van der Waals surface area contributed by atoms with Crippen molar-refractivity contribution in [3.05, 3.63) is 41.5 Å². The quantitative estimate of drug-likeness (QED) is 0.686. The molecule has 3 heterocycles. The molecular weight excluding hydrogens is 382 g/mol. The first-order valence-corrected chi connectivity index (χ1v) is 11.2. The Morgan fingerprint density at radius 3 is 2.90 bits per heavy atom. The monoisotopic (exact) mass is 413 g/mol. The van der Waals surface area contributed by atoms with Gasteiger partial charge in [0.25, 0.3) is 5.91 Å². The number of rotatable bonds is 7. The van der Waals surface area contributed by atoms with Crippen molar-refractivity contribution in [1.82, 2.24) is 15.0 Å². The van der Waals surface area contributed by atoms with Crippen molar-refractivity contribution in [1.29, 1.82) is 0 Å². The summed E-state index contributed by atoms with van der Waals surface area (Å²) in [6.07, 6.45) is 5.79. The van der Waals surface area contributed by atoms with Crippen LogP contribution >= 0.6 is 0 Å². The van der Waals surface area contributed by atoms with E-state index >= 15 is 0 Å². The summed E-state index contributed by atoms with van der Waals surface area (Å²) in [5, 5.41) is 4.19. The molecule has 2 aromatic rings. The molecule has 7 nitrogen and oxygen atoms in total. The van der Waals surface area contributed by atoms with Gasteiger partial charge in [0.2, 0.25) is 5.89 Å². The van der Waals surface area contributed by atoms with Gasteiger partial charge in [0.05, 0.1) is 12.2 Å². The van der Waals surface area contributed by atoms with Crippen LogP contribution in [0.4, 0.5) is 0 Å². The maximum Gasteiger partial charge on any atom is 0.257 e. The second-order valence-electron chi connectivity index (χ2n) is 8.16. The topological polar surface area (TPSA) is 77.7 Å². The van der Waals surface area contributed by atoms with Crippen LogP contribution in [0.3, 0.4) is 0 Å². The average molecular weight is 414 g/mol. The predicted molar refractivity (Wildman–Crippen MR) is 112 cm³/mol. The van der Waals surface area contributed by atoms with Gasteiger partial charge in [-0.25, -0.2) is 0 Å². The highest BCUT2D eigenvalue weighted by molar-refractivity contribution is 5.97. The Kier molecular flexibility index (Phi) is 7.00. The summed E-state index contributed by atoms with van der Waals surface area (Å²) < 4.78 is 16.6. The number of aromatic nitrogens is 2. The number of hydrogen-bond donors (Lipinski definition) is 0. The number of ether oxygens (including phenoxy) is 2. The molecule has 7 heteroatoms. The molecule has 1 aromatic carbocycles. The lowest BCUT2D eigenvalue weighted by Crippen LogP contribution is -2.40. The first-order valence-electron chi connectivity index (χ1n) is 11.2. The number of para-hydroxylation sites is 1. The third kappa shape index (κ3) is 5.01. The van der Waals surface area contributed by atoms with E-state index in [1.165, 1.54) is 0 Å². The molecule has 0 bridgehead atoms. The number of hydrogen-bond acceptors (Lipinski definition) is 6. The van der Waals surface area contributed by atoms with E-state index in [2.05, 4.69) is 10.1 Å². The lowest BCUT2D eigenvalue weighted by molar-refractivity contribution is 0.0664. The molecule has 0 aliphatic carbocycles. The average Bonchev–Trinajstić information content (AvgIpc) is 3.28. The van der Waals surface area contributed by atoms with Crippen LogP contribution in [0.2, 0.25) is 0 Å². The number of piperidine rings is 1. The van der Waals surface area contributed by atoms with E-state index in [-0.39, 0.29) is 5.91 Å². The minimum absolute atomic E-state index is 0.0603. The second-order valence-corrected chi connectivity index (χ2v) is 8.16. The maximum absolute atomic E-state index is 13.1. The Morgan fingerprint density at radius 2 is 2.07 bits per heavy atom. The van der Waals surface area contributed by atoms with Crippen LogP contribution in [-0.4, -0.2) is 53.9 Å². The molecule has 2 aliphatic rings. The lowest BCUT2D eigenvalue weighted by Gasteiger charge is -2.33. The Hall–Kier alpha value is -2.41. The van der Waals surface area contributed by atoms with Gasteiger partial charge in [-0.3, -0.25) is 4.79 Å². The highest BCUT2D eigenvalue weighted by Gasteiger charge is 2.27. The van der Waals surface area contributed by atoms with E-state index in [1.54, 1.807) is 0 Å². The van der Waals surface area contributed by atoms with Gasteiger partial charge >= 0.3 is 0 Å². The molecule has 162 valence electrons. The van der Waals surface area contributed by atoms with Crippen molar-refractivity contribution in [3.8, 4) is 5.75 Å². The summed E-state index contributed by atoms with van der Waals surface area (Å²) >= 11 is 0. The fourth-order valence-corrected chi connectivity index (χ4v) is 4.39. The first kappa shape index (κ1) is 20.8. The van der Waals surface area contributed by atoms with E-state index in [0.717, 1.165) is 76.5 Å². The van der Waals surface area contributed by atoms with Crippen molar-refractivity contribution in [2.75, 3.05) is 32.9 Å². The van der Waals surface area contributed by atoms with Gasteiger partial charge in [0.15, 0.2) is 5.82 Å². The molecule has 4 rings (SSSR count). The Balaban J connectivity index is 1.32. The molecule has 2 fully saturated rings. The summed E-state index contributed by atoms with van der Waals surface area (Å²) in [6, 6.07) is 7.52. The predicted octanol–water partition coefficient (Wildman–Crippen LogP) is 3.85. The van der Waals surface area contributed by atoms with E-state index in [0.29, 0.717) is 29.8 Å². The van der Waals surface area contributed by atoms with Gasteiger partial charge in [0, 0.05) is 38.6 Å². The van der Waals surface area contributed by atoms with Crippen LogP contribution in [0.5, 0.6) is 5.75 Å². The van der Waals surface area contributed by atoms with Crippen LogP contribution in [0.1, 0.15) is 67.0 Å². The van der Waals surface area contributed by atoms with Crippen LogP contribution in [0.15, 0.2) is 28.8 Å². The molecule has 2 saturated heterocycles. The molecule has 30 heavy (non-hydrogen) atoms. The van der Waals surface area contributed by atoms with Crippen LogP contribution < -0.4 is 4.74 Å². The van der Waals surface area contributed by atoms with Gasteiger partial charge in [-0.2, -0.15) is 4.98 Å². The van der Waals surface area contributed by atoms with Crippen molar-refractivity contribution in [3.63, 3.8) is 0 Å². The van der Waals surface area contributed by atoms with Crippen LogP contribution in [0.25, 0.3) is 0 Å². The SMILES string of the molecule is CCOc1ccccc1C(=O)N1CCCC(CCc2noc(C3CCOCC3)n2)C1. The van der Waals surface area contributed by atoms with Gasteiger partial charge in [0.1, 0.15) is 5.75 Å². The number of likely N-dealkylation sites (tertiary alicyclic amines) is 1. The summed E-state index contributed by atoms with van der Waals surface area (Å²) in [5.41, 5.74) is 0.652. The summed E-state index contributed by atoms with van der Waals surface area (Å²) in [5.74, 6) is 3.03. The number of aryl methyl sites for hydroxylation is 1. The third-order valence-corrected chi connectivity index (χ3v) is 6.05. The largest absolute Gasteiger partial charge is 0.493 e. The summed E-state index contributed by atoms with van der Waals surface area (Å²) in [4.78, 5) is 19.7. The third-order valence-electron chi connectivity index (χ3n) is 6.05. The van der Waals surface area contributed by atoms with E-state index < -0.39 is 0 Å². The number of amides is 1. The molecule has 0 radical (unpaired) electrons. The fourth-order valence-electron chi connectivity index (χ4n) is 4.39. The Bertz CT molecular complexity index is 831. The standard InChI is InChI=1S/C23H31N3O4/c1-2-29-20-8-4-3-7-19(20)23(27)26-13-5-6-17(16-26)9-10-21-24-22(30-25-21)18-11-14-28-15-12-18/h3-4,7-8,17-18H,2,5-6,9-16H2,1H3. The lowest BCUT2D eigenvalue weighted by atomic mass is 9.92. The maximum atomic E-state index is 13.1. The molecule has 1 amide bonds. The van der Waals surface area contributed by atoms with E-state index in [4.69, 9.17) is 14.0 Å². The minimum Gasteiger partial charge on any atom is -0.493 e. The van der Waals surface area contributed by atoms with Crippen LogP contribution in [0, 0.1) is 5.92 Å². The second kappa shape index (κ2) is 10.1. The zero-order valence-corrected chi connectivity index (χ0v) is 17.7. The molecule has 2 aliphatic heterocycles. The molecule has 0 N–H and O–H groups in total. The first-order chi connectivity index (χ1) is 14.7. The smallest absolute Gasteiger partial charge is 0.257 e. The normalized spacial score (nSPS) is 20.3. The molecular formula is C23H31N3O4. The fraction of sp³-hybridized carbons (Fsp3) is 0.609. The summed E-state index contributed by atoms with van der Waals surface area (Å²) in [7, 11) is 0. The van der Waals surface area contributed by atoms with Crippen molar-refractivity contribution >= 4 is 5.91 Å². The Labute approximate surface area is 177 Å². The van der Waals surface area contributed by atoms with Gasteiger partial charge in [-0.05, 0) is 57.1 Å². The van der Waals surface area contributed by atoms with Gasteiger partial charge in [-0.15, -0.1) is 0 Å². The zero-order chi connectivity index (χ0) is 20.8. The van der Waals surface area contributed by atoms with Gasteiger partial charge in [-0.1, -0.05) is 17.3 Å². The number of carbonyl (C=O) groups is 1. The van der Waals surface area contributed by atoms with Crippen molar-refractivity contribution in [2.45, 2.75) is 51.4 Å². The summed E-state index contributed by atoms with van der Waals surface area (Å²) in [6.45, 7) is 5.58. The molecule has 1 aromatic heterocycles. The number of nitrogens with zero attached hydrogens (tertiary/aromatic N) is 3. The van der Waals surface area contributed by atoms with E-state index in [9.17, 15) is 4.79 Å². The van der Waals surface area contributed by atoms with Crippen molar-refractivity contribution in [2.24, 2.45) is 5.92 Å². The zero-order valence-electron chi connectivity index (χ0n) is 17.7. The van der Waals surface area contributed by atoms with Crippen LogP contribution in [-0.2, 0) is 11.2 Å². The number of benzene rings is 1. The minimum atomic E-state index is 0.0603. The van der Waals surface area contributed by atoms with Crippen molar-refractivity contribution < 1.29 is 18.8 Å². The molecule has 1 unspecified atom stereocenters. The highest BCUT2D eigenvalue weighted by atomic mass is 16.5. The van der Waals surface area contributed by atoms with Gasteiger partial charge < -0.3 is 18.9 Å². The molecule has 0 spiro atoms. The highest BCUT2D eigenvalue weighted by Crippen LogP contribution is 2.27. The number of carbonyl (C=O) groups excluding carboxylic acids is 1. The Morgan fingerprint density at radius 1 is 1.23 bits per heavy atom. The van der Waals surface area contributed by atoms with E-state index in [1.807, 2.05) is 36.1 Å². The molecule has 1 atom stereocenters.